The van der Waals surface area contributed by atoms with Gasteiger partial charge in [-0.05, 0) is 66.4 Å². The third-order valence-electron chi connectivity index (χ3n) is 6.17. The molecule has 0 aliphatic heterocycles. The summed E-state index contributed by atoms with van der Waals surface area (Å²) in [4.78, 5) is 28.6. The molecule has 38 heavy (non-hydrogen) atoms. The molecule has 0 heterocycles. The van der Waals surface area contributed by atoms with Gasteiger partial charge in [-0.2, -0.15) is 0 Å². The fourth-order valence-corrected chi connectivity index (χ4v) is 5.24. The average molecular weight is 528 g/mol. The van der Waals surface area contributed by atoms with Crippen LogP contribution in [-0.2, 0) is 26.0 Å². The summed E-state index contributed by atoms with van der Waals surface area (Å²) in [6.45, 7) is 2.11. The summed E-state index contributed by atoms with van der Waals surface area (Å²) in [5.74, 6) is -2.68. The number of benzene rings is 4. The molecule has 4 rings (SSSR count). The summed E-state index contributed by atoms with van der Waals surface area (Å²) in [7, 11) is -4.25. The molecule has 1 atom stereocenters. The molecule has 0 saturated heterocycles. The smallest absolute Gasteiger partial charge is 0.264 e. The first-order valence-electron chi connectivity index (χ1n) is 12.2. The van der Waals surface area contributed by atoms with Gasteiger partial charge in [0.25, 0.3) is 10.0 Å². The molecule has 0 spiro atoms. The predicted octanol–water partition coefficient (Wildman–Crippen LogP) is 4.65. The summed E-state index contributed by atoms with van der Waals surface area (Å²) in [6, 6.07) is 31.4. The second kappa shape index (κ2) is 11.7. The van der Waals surface area contributed by atoms with Crippen LogP contribution in [0.4, 0.5) is 11.4 Å². The minimum absolute atomic E-state index is 0.00779. The molecule has 0 bridgehead atoms. The van der Waals surface area contributed by atoms with E-state index in [9.17, 15) is 18.0 Å². The third-order valence-corrected chi connectivity index (χ3v) is 7.52. The van der Waals surface area contributed by atoms with E-state index >= 15 is 0 Å². The Morgan fingerprint density at radius 2 is 1.42 bits per heavy atom. The van der Waals surface area contributed by atoms with Crippen molar-refractivity contribution in [1.29, 1.82) is 0 Å². The zero-order valence-electron chi connectivity index (χ0n) is 20.9. The molecule has 4 aromatic rings. The topological polar surface area (TPSA) is 110 Å². The number of carbonyl (C=O) groups is 2. The standard InChI is InChI=1S/C30H29N3O4S/c1-2-33(26-13-7-4-8-14-26)30(35)28(20-22-16-18-25(31)19-17-22)29(34)32-38(36,37)27-15-9-12-24(21-27)23-10-5-3-6-11-23/h3-19,21,28H,2,20,31H2,1H3,(H,32,34). The van der Waals surface area contributed by atoms with Crippen LogP contribution in [0.1, 0.15) is 12.5 Å². The van der Waals surface area contributed by atoms with Crippen molar-refractivity contribution in [1.82, 2.24) is 4.72 Å². The average Bonchev–Trinajstić information content (AvgIpc) is 2.94. The number of para-hydroxylation sites is 1. The van der Waals surface area contributed by atoms with E-state index in [0.717, 1.165) is 5.56 Å². The van der Waals surface area contributed by atoms with Gasteiger partial charge in [0.15, 0.2) is 0 Å². The molecule has 0 aliphatic carbocycles. The molecule has 0 aliphatic rings. The van der Waals surface area contributed by atoms with E-state index in [2.05, 4.69) is 4.72 Å². The fourth-order valence-electron chi connectivity index (χ4n) is 4.18. The van der Waals surface area contributed by atoms with Gasteiger partial charge in [0, 0.05) is 17.9 Å². The number of hydrogen-bond donors (Lipinski definition) is 2. The highest BCUT2D eigenvalue weighted by atomic mass is 32.2. The van der Waals surface area contributed by atoms with Gasteiger partial charge in [-0.25, -0.2) is 13.1 Å². The Morgan fingerprint density at radius 1 is 0.816 bits per heavy atom. The molecule has 0 radical (unpaired) electrons. The molecule has 0 aromatic heterocycles. The van der Waals surface area contributed by atoms with Crippen LogP contribution in [0.15, 0.2) is 114 Å². The molecule has 4 aromatic carbocycles. The van der Waals surface area contributed by atoms with Crippen molar-refractivity contribution in [3.63, 3.8) is 0 Å². The number of hydrogen-bond acceptors (Lipinski definition) is 5. The van der Waals surface area contributed by atoms with E-state index in [0.29, 0.717) is 29.0 Å². The number of rotatable bonds is 9. The Labute approximate surface area is 223 Å². The summed E-state index contributed by atoms with van der Waals surface area (Å²) >= 11 is 0. The molecule has 8 heteroatoms. The van der Waals surface area contributed by atoms with Crippen molar-refractivity contribution in [3.05, 3.63) is 115 Å². The quantitative estimate of drug-likeness (QED) is 0.243. The van der Waals surface area contributed by atoms with Crippen LogP contribution in [0.25, 0.3) is 11.1 Å². The molecule has 0 fully saturated rings. The summed E-state index contributed by atoms with van der Waals surface area (Å²) in [5.41, 5.74) is 9.17. The fraction of sp³-hybridized carbons (Fsp3) is 0.133. The van der Waals surface area contributed by atoms with Crippen LogP contribution < -0.4 is 15.4 Å². The van der Waals surface area contributed by atoms with Crippen LogP contribution in [0.5, 0.6) is 0 Å². The van der Waals surface area contributed by atoms with Crippen molar-refractivity contribution in [2.45, 2.75) is 18.2 Å². The van der Waals surface area contributed by atoms with Crippen LogP contribution in [0.2, 0.25) is 0 Å². The minimum Gasteiger partial charge on any atom is -0.399 e. The molecule has 1 unspecified atom stereocenters. The first kappa shape index (κ1) is 26.6. The van der Waals surface area contributed by atoms with Crippen molar-refractivity contribution in [2.24, 2.45) is 5.92 Å². The van der Waals surface area contributed by atoms with Gasteiger partial charge in [-0.15, -0.1) is 0 Å². The number of nitrogens with zero attached hydrogens (tertiary/aromatic N) is 1. The molecule has 3 N–H and O–H groups in total. The van der Waals surface area contributed by atoms with E-state index in [-0.39, 0.29) is 11.3 Å². The first-order chi connectivity index (χ1) is 18.3. The maximum Gasteiger partial charge on any atom is 0.264 e. The van der Waals surface area contributed by atoms with E-state index in [1.54, 1.807) is 67.6 Å². The summed E-state index contributed by atoms with van der Waals surface area (Å²) < 4.78 is 28.7. The molecular weight excluding hydrogens is 498 g/mol. The van der Waals surface area contributed by atoms with Gasteiger partial charge >= 0.3 is 0 Å². The number of nitrogens with one attached hydrogen (secondary N) is 1. The lowest BCUT2D eigenvalue weighted by Crippen LogP contribution is -2.46. The third kappa shape index (κ3) is 6.27. The lowest BCUT2D eigenvalue weighted by molar-refractivity contribution is -0.132. The van der Waals surface area contributed by atoms with Gasteiger partial charge in [0.2, 0.25) is 11.8 Å². The van der Waals surface area contributed by atoms with Crippen LogP contribution >= 0.6 is 0 Å². The molecule has 2 amide bonds. The van der Waals surface area contributed by atoms with Gasteiger partial charge in [0.05, 0.1) is 4.90 Å². The summed E-state index contributed by atoms with van der Waals surface area (Å²) in [6.07, 6.45) is 0.00779. The van der Waals surface area contributed by atoms with E-state index in [1.165, 1.54) is 17.0 Å². The zero-order chi connectivity index (χ0) is 27.1. The lowest BCUT2D eigenvalue weighted by atomic mass is 9.96. The minimum atomic E-state index is -4.25. The van der Waals surface area contributed by atoms with Gasteiger partial charge in [-0.1, -0.05) is 72.8 Å². The highest BCUT2D eigenvalue weighted by molar-refractivity contribution is 7.90. The highest BCUT2D eigenvalue weighted by Gasteiger charge is 2.34. The van der Waals surface area contributed by atoms with Gasteiger partial charge in [0.1, 0.15) is 5.92 Å². The molecule has 7 nitrogen and oxygen atoms in total. The Bertz CT molecular complexity index is 1510. The first-order valence-corrected chi connectivity index (χ1v) is 13.7. The Hall–Kier alpha value is -4.43. The molecule has 194 valence electrons. The number of sulfonamides is 1. The maximum absolute atomic E-state index is 13.7. The van der Waals surface area contributed by atoms with Crippen molar-refractivity contribution < 1.29 is 18.0 Å². The maximum atomic E-state index is 13.7. The van der Waals surface area contributed by atoms with Crippen molar-refractivity contribution >= 4 is 33.2 Å². The van der Waals surface area contributed by atoms with Crippen LogP contribution in [-0.4, -0.2) is 26.8 Å². The zero-order valence-corrected chi connectivity index (χ0v) is 21.8. The highest BCUT2D eigenvalue weighted by Crippen LogP contribution is 2.24. The number of carbonyl (C=O) groups excluding carboxylic acids is 2. The van der Waals surface area contributed by atoms with Crippen molar-refractivity contribution in [2.75, 3.05) is 17.2 Å². The molecule has 0 saturated carbocycles. The van der Waals surface area contributed by atoms with E-state index in [1.807, 2.05) is 36.4 Å². The van der Waals surface area contributed by atoms with Gasteiger partial charge < -0.3 is 10.6 Å². The predicted molar refractivity (Wildman–Crippen MR) is 150 cm³/mol. The lowest BCUT2D eigenvalue weighted by Gasteiger charge is -2.26. The Morgan fingerprint density at radius 3 is 2.05 bits per heavy atom. The second-order valence-corrected chi connectivity index (χ2v) is 10.5. The van der Waals surface area contributed by atoms with Gasteiger partial charge in [-0.3, -0.25) is 9.59 Å². The van der Waals surface area contributed by atoms with Crippen molar-refractivity contribution in [3.8, 4) is 11.1 Å². The van der Waals surface area contributed by atoms with E-state index < -0.39 is 27.8 Å². The largest absolute Gasteiger partial charge is 0.399 e. The monoisotopic (exact) mass is 527 g/mol. The number of nitrogens with two attached hydrogens (primary N) is 1. The molecular formula is C30H29N3O4S. The SMILES string of the molecule is CCN(C(=O)C(Cc1ccc(N)cc1)C(=O)NS(=O)(=O)c1cccc(-c2ccccc2)c1)c1ccccc1. The summed E-state index contributed by atoms with van der Waals surface area (Å²) in [5, 5.41) is 0. The Kier molecular flexibility index (Phi) is 8.23. The Balaban J connectivity index is 1.64. The van der Waals surface area contributed by atoms with Crippen LogP contribution in [0, 0.1) is 5.92 Å². The normalized spacial score (nSPS) is 11.9. The number of nitrogen functional groups attached to an aromatic ring is 1. The van der Waals surface area contributed by atoms with E-state index in [4.69, 9.17) is 5.73 Å². The van der Waals surface area contributed by atoms with Crippen LogP contribution in [0.3, 0.4) is 0 Å². The number of amides is 2. The second-order valence-electron chi connectivity index (χ2n) is 8.78. The number of anilines is 2.